The second-order valence-electron chi connectivity index (χ2n) is 4.13. The summed E-state index contributed by atoms with van der Waals surface area (Å²) in [6.07, 6.45) is 3.61. The Hall–Kier alpha value is -0.990. The second kappa shape index (κ2) is 7.45. The Morgan fingerprint density at radius 1 is 1.50 bits per heavy atom. The van der Waals surface area contributed by atoms with Crippen molar-refractivity contribution in [2.24, 2.45) is 0 Å². The van der Waals surface area contributed by atoms with E-state index in [1.807, 2.05) is 6.20 Å². The lowest BCUT2D eigenvalue weighted by Crippen LogP contribution is -2.18. The number of aryl methyl sites for hydroxylation is 1. The minimum atomic E-state index is -2.90. The Morgan fingerprint density at radius 3 is 2.94 bits per heavy atom. The van der Waals surface area contributed by atoms with Gasteiger partial charge in [-0.2, -0.15) is 0 Å². The molecule has 0 saturated carbocycles. The first-order valence-corrected chi connectivity index (χ1v) is 7.84. The molecule has 0 aromatic carbocycles. The largest absolute Gasteiger partial charge is 0.383 e. The van der Waals surface area contributed by atoms with Crippen LogP contribution in [0.3, 0.4) is 0 Å². The summed E-state index contributed by atoms with van der Waals surface area (Å²) in [5, 5.41) is 11.1. The Labute approximate surface area is 107 Å². The maximum Gasteiger partial charge on any atom is 0.147 e. The third kappa shape index (κ3) is 6.67. The van der Waals surface area contributed by atoms with E-state index in [0.29, 0.717) is 26.1 Å². The average molecular weight is 276 g/mol. The number of hydrogen-bond donors (Lipinski definition) is 1. The van der Waals surface area contributed by atoms with Crippen LogP contribution in [0.15, 0.2) is 6.20 Å². The van der Waals surface area contributed by atoms with Crippen molar-refractivity contribution in [2.45, 2.75) is 19.5 Å². The fraction of sp³-hybridized carbons (Fsp3) is 0.800. The molecule has 0 amide bonds. The minimum absolute atomic E-state index is 0.175. The van der Waals surface area contributed by atoms with Crippen molar-refractivity contribution in [3.05, 3.63) is 11.9 Å². The first-order valence-electron chi connectivity index (χ1n) is 5.77. The predicted octanol–water partition coefficient (Wildman–Crippen LogP) is -0.551. The van der Waals surface area contributed by atoms with Gasteiger partial charge in [0.15, 0.2) is 0 Å². The van der Waals surface area contributed by atoms with Gasteiger partial charge in [0.25, 0.3) is 0 Å². The van der Waals surface area contributed by atoms with Crippen LogP contribution >= 0.6 is 0 Å². The third-order valence-corrected chi connectivity index (χ3v) is 3.31. The normalized spacial score (nSPS) is 11.9. The molecule has 0 saturated heterocycles. The van der Waals surface area contributed by atoms with Crippen molar-refractivity contribution in [1.82, 2.24) is 20.3 Å². The quantitative estimate of drug-likeness (QED) is 0.609. The maximum atomic E-state index is 11.0. The zero-order valence-corrected chi connectivity index (χ0v) is 11.6. The fourth-order valence-corrected chi connectivity index (χ4v) is 2.06. The van der Waals surface area contributed by atoms with Gasteiger partial charge < -0.3 is 10.1 Å². The molecule has 0 atom stereocenters. The predicted molar refractivity (Wildman–Crippen MR) is 67.9 cm³/mol. The molecule has 1 aromatic rings. The van der Waals surface area contributed by atoms with Crippen LogP contribution in [-0.2, 0) is 27.7 Å². The summed E-state index contributed by atoms with van der Waals surface area (Å²) in [7, 11) is -1.24. The number of sulfone groups is 1. The van der Waals surface area contributed by atoms with Gasteiger partial charge in [0.2, 0.25) is 0 Å². The van der Waals surface area contributed by atoms with Crippen molar-refractivity contribution in [3.8, 4) is 0 Å². The van der Waals surface area contributed by atoms with E-state index < -0.39 is 9.84 Å². The first kappa shape index (κ1) is 15.1. The molecule has 1 rings (SSSR count). The average Bonchev–Trinajstić information content (AvgIpc) is 2.71. The van der Waals surface area contributed by atoms with E-state index in [-0.39, 0.29) is 5.75 Å². The van der Waals surface area contributed by atoms with Crippen LogP contribution in [-0.4, -0.2) is 55.7 Å². The van der Waals surface area contributed by atoms with Crippen molar-refractivity contribution >= 4 is 9.84 Å². The van der Waals surface area contributed by atoms with Gasteiger partial charge in [-0.25, -0.2) is 8.42 Å². The van der Waals surface area contributed by atoms with Crippen LogP contribution in [0.2, 0.25) is 0 Å². The van der Waals surface area contributed by atoms with Crippen LogP contribution in [0.1, 0.15) is 12.1 Å². The molecule has 0 aliphatic heterocycles. The number of hydrogen-bond acceptors (Lipinski definition) is 6. The van der Waals surface area contributed by atoms with E-state index in [1.54, 1.807) is 11.8 Å². The lowest BCUT2D eigenvalue weighted by Gasteiger charge is -2.00. The van der Waals surface area contributed by atoms with Crippen LogP contribution in [0.5, 0.6) is 0 Å². The summed E-state index contributed by atoms with van der Waals surface area (Å²) in [4.78, 5) is 0. The van der Waals surface area contributed by atoms with Crippen LogP contribution in [0.25, 0.3) is 0 Å². The Bertz CT molecular complexity index is 444. The van der Waals surface area contributed by atoms with Crippen LogP contribution in [0.4, 0.5) is 0 Å². The molecule has 0 fully saturated rings. The highest BCUT2D eigenvalue weighted by Gasteiger charge is 2.04. The van der Waals surface area contributed by atoms with Crippen LogP contribution in [0, 0.1) is 0 Å². The molecule has 0 bridgehead atoms. The molecule has 18 heavy (non-hydrogen) atoms. The molecule has 1 N–H and O–H groups in total. The standard InChI is InChI=1S/C10H20N4O3S/c1-17-6-4-11-8-10-9-14(13-12-10)5-3-7-18(2,15)16/h9,11H,3-8H2,1-2H3. The molecule has 104 valence electrons. The van der Waals surface area contributed by atoms with E-state index in [1.165, 1.54) is 6.26 Å². The molecule has 7 nitrogen and oxygen atoms in total. The van der Waals surface area contributed by atoms with E-state index in [4.69, 9.17) is 4.74 Å². The lowest BCUT2D eigenvalue weighted by atomic mass is 10.4. The highest BCUT2D eigenvalue weighted by molar-refractivity contribution is 7.90. The summed E-state index contributed by atoms with van der Waals surface area (Å²) in [6.45, 7) is 2.62. The number of nitrogens with zero attached hydrogens (tertiary/aromatic N) is 3. The minimum Gasteiger partial charge on any atom is -0.383 e. The number of methoxy groups -OCH3 is 1. The van der Waals surface area contributed by atoms with Gasteiger partial charge in [-0.15, -0.1) is 5.10 Å². The monoisotopic (exact) mass is 276 g/mol. The molecule has 0 radical (unpaired) electrons. The summed E-state index contributed by atoms with van der Waals surface area (Å²) < 4.78 is 28.5. The highest BCUT2D eigenvalue weighted by atomic mass is 32.2. The number of rotatable bonds is 9. The van der Waals surface area contributed by atoms with Gasteiger partial charge in [-0.05, 0) is 6.42 Å². The summed E-state index contributed by atoms with van der Waals surface area (Å²) in [5.41, 5.74) is 0.838. The van der Waals surface area contributed by atoms with Gasteiger partial charge in [0.1, 0.15) is 9.84 Å². The fourth-order valence-electron chi connectivity index (χ4n) is 1.41. The van der Waals surface area contributed by atoms with Crippen molar-refractivity contribution in [3.63, 3.8) is 0 Å². The number of aromatic nitrogens is 3. The molecule has 1 heterocycles. The molecule has 0 unspecified atom stereocenters. The van der Waals surface area contributed by atoms with Crippen molar-refractivity contribution in [1.29, 1.82) is 0 Å². The van der Waals surface area contributed by atoms with Gasteiger partial charge >= 0.3 is 0 Å². The second-order valence-corrected chi connectivity index (χ2v) is 6.39. The molecule has 0 spiro atoms. The molecule has 0 aliphatic rings. The molecule has 1 aromatic heterocycles. The van der Waals surface area contributed by atoms with Crippen molar-refractivity contribution < 1.29 is 13.2 Å². The highest BCUT2D eigenvalue weighted by Crippen LogP contribution is 1.96. The molecule has 8 heteroatoms. The topological polar surface area (TPSA) is 86.1 Å². The van der Waals surface area contributed by atoms with Gasteiger partial charge in [-0.3, -0.25) is 4.68 Å². The van der Waals surface area contributed by atoms with Gasteiger partial charge in [0.05, 0.1) is 18.1 Å². The Balaban J connectivity index is 2.26. The zero-order valence-electron chi connectivity index (χ0n) is 10.8. The molecular weight excluding hydrogens is 256 g/mol. The lowest BCUT2D eigenvalue weighted by molar-refractivity contribution is 0.199. The zero-order chi connectivity index (χ0) is 13.4. The summed E-state index contributed by atoms with van der Waals surface area (Å²) in [5.74, 6) is 0.175. The Morgan fingerprint density at radius 2 is 2.28 bits per heavy atom. The molecule has 0 aliphatic carbocycles. The van der Waals surface area contributed by atoms with Crippen molar-refractivity contribution in [2.75, 3.05) is 32.3 Å². The summed E-state index contributed by atoms with van der Waals surface area (Å²) in [6, 6.07) is 0. The molecular formula is C10H20N4O3S. The number of nitrogens with one attached hydrogen (secondary N) is 1. The van der Waals surface area contributed by atoms with Crippen LogP contribution < -0.4 is 5.32 Å². The third-order valence-electron chi connectivity index (χ3n) is 2.28. The van der Waals surface area contributed by atoms with E-state index in [9.17, 15) is 8.42 Å². The van der Waals surface area contributed by atoms with E-state index >= 15 is 0 Å². The first-order chi connectivity index (χ1) is 8.51. The summed E-state index contributed by atoms with van der Waals surface area (Å²) >= 11 is 0. The number of ether oxygens (including phenoxy) is 1. The van der Waals surface area contributed by atoms with E-state index in [0.717, 1.165) is 12.2 Å². The Kier molecular flexibility index (Phi) is 6.23. The SMILES string of the molecule is COCCNCc1cn(CCCS(C)(=O)=O)nn1. The van der Waals surface area contributed by atoms with Gasteiger partial charge in [-0.1, -0.05) is 5.21 Å². The van der Waals surface area contributed by atoms with Gasteiger partial charge in [0, 0.05) is 39.2 Å². The maximum absolute atomic E-state index is 11.0. The smallest absolute Gasteiger partial charge is 0.147 e. The van der Waals surface area contributed by atoms with E-state index in [2.05, 4.69) is 15.6 Å².